The molecule has 1 aromatic rings. The topological polar surface area (TPSA) is 84.6 Å². The minimum Gasteiger partial charge on any atom is -0.507 e. The number of amides is 1. The van der Waals surface area contributed by atoms with Crippen LogP contribution in [0.5, 0.6) is 11.5 Å². The van der Waals surface area contributed by atoms with Crippen LogP contribution in [0.1, 0.15) is 23.7 Å². The number of carbonyl (C=O) groups excluding carboxylic acids is 1. The fourth-order valence-electron chi connectivity index (χ4n) is 1.43. The first-order valence-corrected chi connectivity index (χ1v) is 5.87. The van der Waals surface area contributed by atoms with E-state index in [1.807, 2.05) is 6.92 Å². The molecule has 0 saturated heterocycles. The Balaban J connectivity index is 2.93. The van der Waals surface area contributed by atoms with Gasteiger partial charge in [-0.2, -0.15) is 0 Å². The molecule has 1 amide bonds. The molecule has 0 spiro atoms. The molecule has 18 heavy (non-hydrogen) atoms. The Morgan fingerprint density at radius 1 is 1.61 bits per heavy atom. The normalized spacial score (nSPS) is 11.7. The molecule has 0 saturated carbocycles. The zero-order valence-corrected chi connectivity index (χ0v) is 11.1. The molecule has 1 unspecified atom stereocenters. The van der Waals surface area contributed by atoms with Crippen LogP contribution in [0.4, 0.5) is 0 Å². The lowest BCUT2D eigenvalue weighted by molar-refractivity contribution is 0.0943. The van der Waals surface area contributed by atoms with E-state index in [0.29, 0.717) is 12.2 Å². The maximum Gasteiger partial charge on any atom is 0.255 e. The molecule has 4 N–H and O–H groups in total. The largest absolute Gasteiger partial charge is 0.507 e. The lowest BCUT2D eigenvalue weighted by atomic mass is 10.1. The summed E-state index contributed by atoms with van der Waals surface area (Å²) in [4.78, 5) is 12.2. The Bertz CT molecular complexity index is 463. The molecule has 0 fully saturated rings. The number of carbonyl (C=O) groups is 1. The first kappa shape index (κ1) is 14.2. The van der Waals surface area contributed by atoms with Gasteiger partial charge < -0.3 is 20.9 Å². The molecule has 98 valence electrons. The predicted molar refractivity (Wildman–Crippen MR) is 73.0 cm³/mol. The van der Waals surface area contributed by atoms with Crippen LogP contribution in [0.25, 0.3) is 0 Å². The fraction of sp³-hybridized carbons (Fsp3) is 0.333. The fourth-order valence-corrected chi connectivity index (χ4v) is 1.66. The van der Waals surface area contributed by atoms with Crippen molar-refractivity contribution in [3.8, 4) is 11.5 Å². The highest BCUT2D eigenvalue weighted by Crippen LogP contribution is 2.22. The predicted octanol–water partition coefficient (Wildman–Crippen LogP) is 1.20. The van der Waals surface area contributed by atoms with Crippen molar-refractivity contribution >= 4 is 23.1 Å². The lowest BCUT2D eigenvalue weighted by Crippen LogP contribution is -2.43. The molecule has 1 atom stereocenters. The van der Waals surface area contributed by atoms with Crippen LogP contribution in [0.15, 0.2) is 18.2 Å². The van der Waals surface area contributed by atoms with Crippen LogP contribution in [0.3, 0.4) is 0 Å². The number of nitrogens with two attached hydrogens (primary N) is 1. The second-order valence-electron chi connectivity index (χ2n) is 3.72. The number of aromatic hydroxyl groups is 1. The third kappa shape index (κ3) is 3.33. The first-order valence-electron chi connectivity index (χ1n) is 5.46. The van der Waals surface area contributed by atoms with E-state index in [9.17, 15) is 9.90 Å². The van der Waals surface area contributed by atoms with E-state index in [1.54, 1.807) is 6.07 Å². The minimum atomic E-state index is -0.439. The van der Waals surface area contributed by atoms with Crippen molar-refractivity contribution in [1.82, 2.24) is 5.32 Å². The van der Waals surface area contributed by atoms with Gasteiger partial charge >= 0.3 is 0 Å². The van der Waals surface area contributed by atoms with Gasteiger partial charge in [0.25, 0.3) is 5.91 Å². The number of phenolic OH excluding ortho intramolecular Hbond substituents is 1. The van der Waals surface area contributed by atoms with Crippen LogP contribution in [0, 0.1) is 0 Å². The number of methoxy groups -OCH3 is 1. The van der Waals surface area contributed by atoms with E-state index < -0.39 is 11.9 Å². The van der Waals surface area contributed by atoms with E-state index in [4.69, 9.17) is 22.7 Å². The van der Waals surface area contributed by atoms with Crippen molar-refractivity contribution in [2.75, 3.05) is 7.11 Å². The number of phenols is 1. The van der Waals surface area contributed by atoms with Crippen LogP contribution in [-0.4, -0.2) is 29.2 Å². The van der Waals surface area contributed by atoms with Gasteiger partial charge in [0, 0.05) is 0 Å². The van der Waals surface area contributed by atoms with Gasteiger partial charge in [-0.1, -0.05) is 19.1 Å². The van der Waals surface area contributed by atoms with E-state index in [-0.39, 0.29) is 16.3 Å². The molecular formula is C12H16N2O3S. The molecule has 0 radical (unpaired) electrons. The number of rotatable bonds is 5. The standard InChI is InChI=1S/C12H16N2O3S/c1-3-9(11(13)18)14-12(16)8-6-7(17-2)4-5-10(8)15/h4-6,9,15H,3H2,1-2H3,(H2,13,18)(H,14,16). The Morgan fingerprint density at radius 2 is 2.28 bits per heavy atom. The summed E-state index contributed by atoms with van der Waals surface area (Å²) in [6.07, 6.45) is 0.589. The number of benzene rings is 1. The van der Waals surface area contributed by atoms with E-state index in [1.165, 1.54) is 19.2 Å². The zero-order valence-electron chi connectivity index (χ0n) is 10.3. The highest BCUT2D eigenvalue weighted by atomic mass is 32.1. The lowest BCUT2D eigenvalue weighted by Gasteiger charge is -2.16. The number of nitrogens with one attached hydrogen (secondary N) is 1. The van der Waals surface area contributed by atoms with Crippen LogP contribution in [0.2, 0.25) is 0 Å². The van der Waals surface area contributed by atoms with Gasteiger partial charge in [0.2, 0.25) is 0 Å². The van der Waals surface area contributed by atoms with Crippen molar-refractivity contribution in [2.45, 2.75) is 19.4 Å². The van der Waals surface area contributed by atoms with Crippen molar-refractivity contribution < 1.29 is 14.6 Å². The Labute approximate surface area is 111 Å². The second kappa shape index (κ2) is 6.20. The number of ether oxygens (including phenoxy) is 1. The first-order chi connectivity index (χ1) is 8.49. The molecule has 0 aliphatic rings. The summed E-state index contributed by atoms with van der Waals surface area (Å²) in [6, 6.07) is 4.03. The minimum absolute atomic E-state index is 0.119. The van der Waals surface area contributed by atoms with E-state index in [2.05, 4.69) is 5.32 Å². The van der Waals surface area contributed by atoms with Crippen molar-refractivity contribution in [3.63, 3.8) is 0 Å². The number of hydrogen-bond acceptors (Lipinski definition) is 4. The molecule has 5 nitrogen and oxygen atoms in total. The SMILES string of the molecule is CCC(NC(=O)c1cc(OC)ccc1O)C(N)=S. The van der Waals surface area contributed by atoms with Crippen molar-refractivity contribution in [2.24, 2.45) is 5.73 Å². The maximum absolute atomic E-state index is 12.0. The van der Waals surface area contributed by atoms with Crippen molar-refractivity contribution in [1.29, 1.82) is 0 Å². The maximum atomic E-state index is 12.0. The third-order valence-electron chi connectivity index (χ3n) is 2.51. The summed E-state index contributed by atoms with van der Waals surface area (Å²) in [5.74, 6) is -0.0709. The monoisotopic (exact) mass is 268 g/mol. The van der Waals surface area contributed by atoms with Gasteiger partial charge in [0.05, 0.1) is 23.7 Å². The Morgan fingerprint density at radius 3 is 2.78 bits per heavy atom. The van der Waals surface area contributed by atoms with E-state index in [0.717, 1.165) is 0 Å². The van der Waals surface area contributed by atoms with Gasteiger partial charge in [-0.25, -0.2) is 0 Å². The molecule has 0 aliphatic heterocycles. The van der Waals surface area contributed by atoms with Crippen LogP contribution >= 0.6 is 12.2 Å². The summed E-state index contributed by atoms with van der Waals surface area (Å²) in [5.41, 5.74) is 5.63. The number of hydrogen-bond donors (Lipinski definition) is 3. The molecule has 0 aromatic heterocycles. The number of thiocarbonyl (C=S) groups is 1. The molecule has 0 bridgehead atoms. The van der Waals surface area contributed by atoms with Crippen molar-refractivity contribution in [3.05, 3.63) is 23.8 Å². The van der Waals surface area contributed by atoms with Gasteiger partial charge in [-0.3, -0.25) is 4.79 Å². The summed E-state index contributed by atoms with van der Waals surface area (Å²) < 4.78 is 5.00. The third-order valence-corrected chi connectivity index (χ3v) is 2.79. The van der Waals surface area contributed by atoms with Crippen LogP contribution < -0.4 is 15.8 Å². The smallest absolute Gasteiger partial charge is 0.255 e. The van der Waals surface area contributed by atoms with Gasteiger partial charge in [-0.05, 0) is 24.6 Å². The molecule has 0 aliphatic carbocycles. The quantitative estimate of drug-likeness (QED) is 0.699. The Kier molecular flexibility index (Phi) is 4.91. The van der Waals surface area contributed by atoms with Gasteiger partial charge in [0.15, 0.2) is 0 Å². The summed E-state index contributed by atoms with van der Waals surface area (Å²) >= 11 is 4.84. The highest BCUT2D eigenvalue weighted by molar-refractivity contribution is 7.80. The van der Waals surface area contributed by atoms with E-state index >= 15 is 0 Å². The average Bonchev–Trinajstić information content (AvgIpc) is 2.35. The molecule has 0 heterocycles. The Hall–Kier alpha value is -1.82. The van der Waals surface area contributed by atoms with Gasteiger partial charge in [-0.15, -0.1) is 0 Å². The zero-order chi connectivity index (χ0) is 13.7. The molecule has 1 rings (SSSR count). The molecular weight excluding hydrogens is 252 g/mol. The summed E-state index contributed by atoms with van der Waals surface area (Å²) in [5, 5.41) is 12.3. The van der Waals surface area contributed by atoms with Gasteiger partial charge in [0.1, 0.15) is 11.5 Å². The van der Waals surface area contributed by atoms with Crippen LogP contribution in [-0.2, 0) is 0 Å². The molecule has 1 aromatic carbocycles. The summed E-state index contributed by atoms with van der Waals surface area (Å²) in [6.45, 7) is 1.86. The summed E-state index contributed by atoms with van der Waals surface area (Å²) in [7, 11) is 1.48. The second-order valence-corrected chi connectivity index (χ2v) is 4.19. The highest BCUT2D eigenvalue weighted by Gasteiger charge is 2.17. The average molecular weight is 268 g/mol. The molecule has 6 heteroatoms.